The lowest BCUT2D eigenvalue weighted by atomic mass is 9.98. The molecular formula is C20H26N2O3. The zero-order valence-corrected chi connectivity index (χ0v) is 15.0. The van der Waals surface area contributed by atoms with Crippen LogP contribution >= 0.6 is 0 Å². The van der Waals surface area contributed by atoms with Gasteiger partial charge in [-0.15, -0.1) is 0 Å². The van der Waals surface area contributed by atoms with Gasteiger partial charge in [-0.05, 0) is 56.5 Å². The fourth-order valence-electron chi connectivity index (χ4n) is 2.46. The lowest BCUT2D eigenvalue weighted by molar-refractivity contribution is 0.0713. The minimum atomic E-state index is -0.688. The average Bonchev–Trinajstić information content (AvgIpc) is 2.60. The van der Waals surface area contributed by atoms with Gasteiger partial charge in [0.25, 0.3) is 5.91 Å². The molecule has 134 valence electrons. The summed E-state index contributed by atoms with van der Waals surface area (Å²) in [5.74, 6) is -0.165. The van der Waals surface area contributed by atoms with Crippen molar-refractivity contribution in [2.75, 3.05) is 13.7 Å². The first-order valence-electron chi connectivity index (χ1n) is 8.41. The van der Waals surface area contributed by atoms with Crippen LogP contribution in [0.15, 0.2) is 48.7 Å². The molecule has 1 aromatic heterocycles. The van der Waals surface area contributed by atoms with Crippen molar-refractivity contribution >= 4 is 5.91 Å². The summed E-state index contributed by atoms with van der Waals surface area (Å²) < 4.78 is 5.20. The van der Waals surface area contributed by atoms with Crippen molar-refractivity contribution in [3.05, 3.63) is 65.5 Å². The van der Waals surface area contributed by atoms with Gasteiger partial charge in [0.1, 0.15) is 0 Å². The van der Waals surface area contributed by atoms with E-state index in [1.54, 1.807) is 39.3 Å². The number of pyridine rings is 1. The molecule has 0 fully saturated rings. The summed E-state index contributed by atoms with van der Waals surface area (Å²) in [6.45, 7) is 3.94. The number of carbonyl (C=O) groups is 1. The Bertz CT molecular complexity index is 664. The summed E-state index contributed by atoms with van der Waals surface area (Å²) in [6.07, 6.45) is 3.14. The fraction of sp³-hybridized carbons (Fsp3) is 0.400. The highest BCUT2D eigenvalue weighted by atomic mass is 16.5. The van der Waals surface area contributed by atoms with Gasteiger partial charge < -0.3 is 15.2 Å². The molecule has 1 amide bonds. The second-order valence-corrected chi connectivity index (χ2v) is 6.75. The number of nitrogens with one attached hydrogen (secondary N) is 1. The Morgan fingerprint density at radius 1 is 1.24 bits per heavy atom. The van der Waals surface area contributed by atoms with Crippen LogP contribution in [0.3, 0.4) is 0 Å². The fourth-order valence-corrected chi connectivity index (χ4v) is 2.46. The number of methoxy groups -OCH3 is 1. The van der Waals surface area contributed by atoms with E-state index in [0.717, 1.165) is 17.7 Å². The highest BCUT2D eigenvalue weighted by Gasteiger charge is 2.17. The number of benzene rings is 1. The second kappa shape index (κ2) is 8.74. The van der Waals surface area contributed by atoms with Crippen LogP contribution in [0.25, 0.3) is 0 Å². The number of ether oxygens (including phenoxy) is 1. The van der Waals surface area contributed by atoms with Gasteiger partial charge in [-0.1, -0.05) is 18.2 Å². The Labute approximate surface area is 149 Å². The van der Waals surface area contributed by atoms with E-state index >= 15 is 0 Å². The van der Waals surface area contributed by atoms with Gasteiger partial charge in [-0.2, -0.15) is 0 Å². The van der Waals surface area contributed by atoms with Gasteiger partial charge in [-0.25, -0.2) is 0 Å². The molecule has 0 unspecified atom stereocenters. The SMILES string of the molecule is COC[C@H](NC(=O)c1ccc(CCC(C)(C)O)cc1)c1ccccn1. The predicted octanol–water partition coefficient (Wildman–Crippen LogP) is 2.90. The largest absolute Gasteiger partial charge is 0.390 e. The number of amides is 1. The third-order valence-corrected chi connectivity index (χ3v) is 3.93. The molecule has 2 N–H and O–H groups in total. The standard InChI is InChI=1S/C20H26N2O3/c1-20(2,24)12-11-15-7-9-16(10-8-15)19(23)22-18(14-25-3)17-6-4-5-13-21-17/h4-10,13,18,24H,11-12,14H2,1-3H3,(H,22,23)/t18-/m0/s1. The van der Waals surface area contributed by atoms with Gasteiger partial charge in [0.2, 0.25) is 0 Å². The molecule has 1 heterocycles. The van der Waals surface area contributed by atoms with E-state index in [0.29, 0.717) is 18.6 Å². The molecule has 25 heavy (non-hydrogen) atoms. The summed E-state index contributed by atoms with van der Waals surface area (Å²) in [6, 6.07) is 12.7. The van der Waals surface area contributed by atoms with Gasteiger partial charge in [0.15, 0.2) is 0 Å². The summed E-state index contributed by atoms with van der Waals surface area (Å²) in [7, 11) is 1.60. The van der Waals surface area contributed by atoms with E-state index in [1.807, 2.05) is 30.3 Å². The maximum atomic E-state index is 12.5. The van der Waals surface area contributed by atoms with Gasteiger partial charge in [0.05, 0.1) is 23.9 Å². The summed E-state index contributed by atoms with van der Waals surface area (Å²) >= 11 is 0. The van der Waals surface area contributed by atoms with E-state index in [1.165, 1.54) is 0 Å². The van der Waals surface area contributed by atoms with Crippen molar-refractivity contribution in [3.63, 3.8) is 0 Å². The van der Waals surface area contributed by atoms with Crippen LogP contribution < -0.4 is 5.32 Å². The molecule has 0 spiro atoms. The number of rotatable bonds is 8. The first kappa shape index (κ1) is 19.1. The van der Waals surface area contributed by atoms with Crippen LogP contribution in [0.5, 0.6) is 0 Å². The smallest absolute Gasteiger partial charge is 0.251 e. The molecule has 2 rings (SSSR count). The minimum Gasteiger partial charge on any atom is -0.390 e. The highest BCUT2D eigenvalue weighted by molar-refractivity contribution is 5.94. The molecule has 1 aromatic carbocycles. The predicted molar refractivity (Wildman–Crippen MR) is 97.4 cm³/mol. The Kier molecular flexibility index (Phi) is 6.67. The van der Waals surface area contributed by atoms with Crippen molar-refractivity contribution in [1.29, 1.82) is 0 Å². The molecule has 1 atom stereocenters. The van der Waals surface area contributed by atoms with Crippen LogP contribution in [0, 0.1) is 0 Å². The van der Waals surface area contributed by atoms with Crippen LogP contribution in [0.4, 0.5) is 0 Å². The molecule has 0 aliphatic carbocycles. The maximum absolute atomic E-state index is 12.5. The third kappa shape index (κ3) is 6.29. The van der Waals surface area contributed by atoms with Crippen molar-refractivity contribution in [3.8, 4) is 0 Å². The van der Waals surface area contributed by atoms with Crippen molar-refractivity contribution in [2.24, 2.45) is 0 Å². The van der Waals surface area contributed by atoms with Gasteiger partial charge in [0, 0.05) is 18.9 Å². The lowest BCUT2D eigenvalue weighted by Gasteiger charge is -2.18. The summed E-state index contributed by atoms with van der Waals surface area (Å²) in [4.78, 5) is 16.8. The molecule has 0 bridgehead atoms. The zero-order chi connectivity index (χ0) is 18.3. The van der Waals surface area contributed by atoms with Gasteiger partial charge in [-0.3, -0.25) is 9.78 Å². The monoisotopic (exact) mass is 342 g/mol. The molecule has 5 heteroatoms. The van der Waals surface area contributed by atoms with Crippen molar-refractivity contribution in [1.82, 2.24) is 10.3 Å². The average molecular weight is 342 g/mol. The minimum absolute atomic E-state index is 0.165. The number of hydrogen-bond acceptors (Lipinski definition) is 4. The van der Waals surface area contributed by atoms with E-state index < -0.39 is 5.60 Å². The van der Waals surface area contributed by atoms with E-state index in [2.05, 4.69) is 10.3 Å². The van der Waals surface area contributed by atoms with Crippen LogP contribution in [0.1, 0.15) is 47.9 Å². The molecule has 5 nitrogen and oxygen atoms in total. The van der Waals surface area contributed by atoms with E-state index in [9.17, 15) is 9.90 Å². The summed E-state index contributed by atoms with van der Waals surface area (Å²) in [5.41, 5.74) is 1.76. The Balaban J connectivity index is 2.01. The normalized spacial score (nSPS) is 12.6. The van der Waals surface area contributed by atoms with E-state index in [-0.39, 0.29) is 11.9 Å². The molecule has 0 aliphatic heterocycles. The Hall–Kier alpha value is -2.24. The summed E-state index contributed by atoms with van der Waals surface area (Å²) in [5, 5.41) is 12.8. The number of carbonyl (C=O) groups excluding carboxylic acids is 1. The topological polar surface area (TPSA) is 71.5 Å². The first-order valence-corrected chi connectivity index (χ1v) is 8.41. The van der Waals surface area contributed by atoms with Crippen molar-refractivity contribution < 1.29 is 14.6 Å². The number of aryl methyl sites for hydroxylation is 1. The number of aromatic nitrogens is 1. The molecule has 0 aliphatic rings. The number of aliphatic hydroxyl groups is 1. The molecule has 0 saturated heterocycles. The molecule has 0 radical (unpaired) electrons. The number of nitrogens with zero attached hydrogens (tertiary/aromatic N) is 1. The maximum Gasteiger partial charge on any atom is 0.251 e. The Morgan fingerprint density at radius 3 is 2.52 bits per heavy atom. The first-order chi connectivity index (χ1) is 11.9. The van der Waals surface area contributed by atoms with Crippen LogP contribution in [0.2, 0.25) is 0 Å². The van der Waals surface area contributed by atoms with Gasteiger partial charge >= 0.3 is 0 Å². The molecule has 0 saturated carbocycles. The van der Waals surface area contributed by atoms with E-state index in [4.69, 9.17) is 4.74 Å². The number of hydrogen-bond donors (Lipinski definition) is 2. The lowest BCUT2D eigenvalue weighted by Crippen LogP contribution is -2.31. The van der Waals surface area contributed by atoms with Crippen LogP contribution in [-0.4, -0.2) is 35.3 Å². The Morgan fingerprint density at radius 2 is 1.96 bits per heavy atom. The molecular weight excluding hydrogens is 316 g/mol. The molecule has 2 aromatic rings. The quantitative estimate of drug-likeness (QED) is 0.774. The zero-order valence-electron chi connectivity index (χ0n) is 15.0. The van der Waals surface area contributed by atoms with Crippen LogP contribution in [-0.2, 0) is 11.2 Å². The highest BCUT2D eigenvalue weighted by Crippen LogP contribution is 2.15. The van der Waals surface area contributed by atoms with Crippen molar-refractivity contribution in [2.45, 2.75) is 38.3 Å². The second-order valence-electron chi connectivity index (χ2n) is 6.75. The third-order valence-electron chi connectivity index (χ3n) is 3.93.